The molecule has 2 heterocycles. The maximum atomic E-state index is 6.17. The van der Waals surface area contributed by atoms with Crippen LogP contribution in [0, 0.1) is 6.92 Å². The van der Waals surface area contributed by atoms with Gasteiger partial charge >= 0.3 is 0 Å². The number of aromatic nitrogens is 2. The van der Waals surface area contributed by atoms with Gasteiger partial charge in [-0.15, -0.1) is 0 Å². The molecule has 1 aromatic rings. The first-order chi connectivity index (χ1) is 8.11. The molecule has 1 aromatic heterocycles. The van der Waals surface area contributed by atoms with Crippen molar-refractivity contribution in [1.29, 1.82) is 0 Å². The fourth-order valence-corrected chi connectivity index (χ4v) is 3.19. The maximum absolute atomic E-state index is 6.17. The Hall–Kier alpha value is -0.480. The average Bonchev–Trinajstić information content (AvgIpc) is 2.32. The van der Waals surface area contributed by atoms with Crippen LogP contribution in [0.15, 0.2) is 0 Å². The number of hydrogen-bond acceptors (Lipinski definition) is 4. The molecule has 0 aliphatic carbocycles. The summed E-state index contributed by atoms with van der Waals surface area (Å²) >= 11 is 8.19. The standard InChI is InChI=1S/C12H18ClN3S/c1-4-10-14-11(13)9(3)12(15-10)16-5-6-17-8(2)7-16/h8H,4-7H2,1-3H3. The lowest BCUT2D eigenvalue weighted by molar-refractivity contribution is 0.756. The first kappa shape index (κ1) is 13.0. The predicted octanol–water partition coefficient (Wildman–Crippen LogP) is 2.94. The van der Waals surface area contributed by atoms with E-state index in [2.05, 4.69) is 28.7 Å². The van der Waals surface area contributed by atoms with E-state index in [1.54, 1.807) is 0 Å². The minimum atomic E-state index is 0.595. The molecule has 0 radical (unpaired) electrons. The lowest BCUT2D eigenvalue weighted by atomic mass is 10.2. The Kier molecular flexibility index (Phi) is 4.15. The molecule has 0 saturated carbocycles. The van der Waals surface area contributed by atoms with Crippen molar-refractivity contribution in [1.82, 2.24) is 9.97 Å². The molecule has 0 N–H and O–H groups in total. The largest absolute Gasteiger partial charge is 0.354 e. The predicted molar refractivity (Wildman–Crippen MR) is 75.3 cm³/mol. The first-order valence-electron chi connectivity index (χ1n) is 6.01. The molecule has 0 aromatic carbocycles. The summed E-state index contributed by atoms with van der Waals surface area (Å²) in [6.07, 6.45) is 0.825. The third kappa shape index (κ3) is 2.86. The number of nitrogens with zero attached hydrogens (tertiary/aromatic N) is 3. The van der Waals surface area contributed by atoms with Gasteiger partial charge in [0.2, 0.25) is 0 Å². The second kappa shape index (κ2) is 5.44. The van der Waals surface area contributed by atoms with Crippen LogP contribution in [-0.4, -0.2) is 34.1 Å². The molecule has 1 atom stereocenters. The van der Waals surface area contributed by atoms with Crippen LogP contribution in [0.3, 0.4) is 0 Å². The highest BCUT2D eigenvalue weighted by molar-refractivity contribution is 8.00. The van der Waals surface area contributed by atoms with E-state index in [-0.39, 0.29) is 0 Å². The Balaban J connectivity index is 2.33. The summed E-state index contributed by atoms with van der Waals surface area (Å²) < 4.78 is 0. The highest BCUT2D eigenvalue weighted by atomic mass is 35.5. The van der Waals surface area contributed by atoms with Gasteiger partial charge < -0.3 is 4.90 Å². The van der Waals surface area contributed by atoms with Gasteiger partial charge in [0.05, 0.1) is 0 Å². The average molecular weight is 272 g/mol. The molecule has 1 fully saturated rings. The topological polar surface area (TPSA) is 29.0 Å². The van der Waals surface area contributed by atoms with Crippen LogP contribution in [-0.2, 0) is 6.42 Å². The fourth-order valence-electron chi connectivity index (χ4n) is 2.00. The Labute approximate surface area is 112 Å². The van der Waals surface area contributed by atoms with E-state index < -0.39 is 0 Å². The lowest BCUT2D eigenvalue weighted by Gasteiger charge is -2.32. The molecule has 1 aliphatic heterocycles. The zero-order chi connectivity index (χ0) is 12.4. The second-order valence-corrected chi connectivity index (χ2v) is 6.26. The summed E-state index contributed by atoms with van der Waals surface area (Å²) in [6.45, 7) is 8.41. The van der Waals surface area contributed by atoms with Gasteiger partial charge in [-0.05, 0) is 6.92 Å². The van der Waals surface area contributed by atoms with Crippen molar-refractivity contribution >= 4 is 29.2 Å². The van der Waals surface area contributed by atoms with Gasteiger partial charge in [0, 0.05) is 36.1 Å². The number of hydrogen-bond donors (Lipinski definition) is 0. The first-order valence-corrected chi connectivity index (χ1v) is 7.44. The van der Waals surface area contributed by atoms with E-state index in [0.29, 0.717) is 10.4 Å². The Morgan fingerprint density at radius 1 is 1.47 bits per heavy atom. The highest BCUT2D eigenvalue weighted by Crippen LogP contribution is 2.27. The van der Waals surface area contributed by atoms with E-state index in [9.17, 15) is 0 Å². The van der Waals surface area contributed by atoms with Gasteiger partial charge in [-0.2, -0.15) is 11.8 Å². The van der Waals surface area contributed by atoms with Gasteiger partial charge in [0.15, 0.2) is 0 Å². The van der Waals surface area contributed by atoms with Crippen LogP contribution in [0.2, 0.25) is 5.15 Å². The van der Waals surface area contributed by atoms with Crippen LogP contribution in [0.1, 0.15) is 25.2 Å². The minimum absolute atomic E-state index is 0.595. The summed E-state index contributed by atoms with van der Waals surface area (Å²) in [4.78, 5) is 11.3. The zero-order valence-electron chi connectivity index (χ0n) is 10.5. The molecule has 0 amide bonds. The molecule has 2 rings (SSSR count). The lowest BCUT2D eigenvalue weighted by Crippen LogP contribution is -2.37. The molecule has 0 spiro atoms. The van der Waals surface area contributed by atoms with E-state index in [4.69, 9.17) is 11.6 Å². The molecular weight excluding hydrogens is 254 g/mol. The zero-order valence-corrected chi connectivity index (χ0v) is 12.1. The summed E-state index contributed by atoms with van der Waals surface area (Å²) in [5.74, 6) is 3.01. The molecule has 1 unspecified atom stereocenters. The maximum Gasteiger partial charge on any atom is 0.137 e. The number of thioether (sulfide) groups is 1. The quantitative estimate of drug-likeness (QED) is 0.774. The van der Waals surface area contributed by atoms with E-state index in [1.165, 1.54) is 0 Å². The third-order valence-electron chi connectivity index (χ3n) is 2.96. The van der Waals surface area contributed by atoms with E-state index in [0.717, 1.165) is 42.5 Å². The summed E-state index contributed by atoms with van der Waals surface area (Å²) in [7, 11) is 0. The number of anilines is 1. The third-order valence-corrected chi connectivity index (χ3v) is 4.47. The molecule has 0 bridgehead atoms. The molecule has 94 valence electrons. The Morgan fingerprint density at radius 2 is 2.24 bits per heavy atom. The van der Waals surface area contributed by atoms with Gasteiger partial charge in [-0.3, -0.25) is 0 Å². The number of halogens is 1. The molecular formula is C12H18ClN3S. The van der Waals surface area contributed by atoms with Crippen molar-refractivity contribution in [2.75, 3.05) is 23.7 Å². The van der Waals surface area contributed by atoms with Crippen LogP contribution in [0.5, 0.6) is 0 Å². The monoisotopic (exact) mass is 271 g/mol. The summed E-state index contributed by atoms with van der Waals surface area (Å²) in [6, 6.07) is 0. The van der Waals surface area contributed by atoms with Gasteiger partial charge in [0.25, 0.3) is 0 Å². The molecule has 1 aliphatic rings. The van der Waals surface area contributed by atoms with Crippen molar-refractivity contribution in [2.24, 2.45) is 0 Å². The van der Waals surface area contributed by atoms with Crippen LogP contribution >= 0.6 is 23.4 Å². The Bertz CT molecular complexity index is 411. The van der Waals surface area contributed by atoms with Crippen molar-refractivity contribution in [3.05, 3.63) is 16.5 Å². The molecule has 5 heteroatoms. The fraction of sp³-hybridized carbons (Fsp3) is 0.667. The van der Waals surface area contributed by atoms with Crippen molar-refractivity contribution in [2.45, 2.75) is 32.4 Å². The summed E-state index contributed by atoms with van der Waals surface area (Å²) in [5, 5.41) is 1.25. The normalized spacial score (nSPS) is 20.7. The van der Waals surface area contributed by atoms with Crippen molar-refractivity contribution in [3.8, 4) is 0 Å². The van der Waals surface area contributed by atoms with E-state index in [1.807, 2.05) is 18.7 Å². The molecule has 17 heavy (non-hydrogen) atoms. The summed E-state index contributed by atoms with van der Waals surface area (Å²) in [5.41, 5.74) is 1.00. The SMILES string of the molecule is CCc1nc(Cl)c(C)c(N2CCSC(C)C2)n1. The second-order valence-electron chi connectivity index (χ2n) is 4.36. The minimum Gasteiger partial charge on any atom is -0.354 e. The van der Waals surface area contributed by atoms with Gasteiger partial charge in [-0.1, -0.05) is 25.4 Å². The van der Waals surface area contributed by atoms with Gasteiger partial charge in [0.1, 0.15) is 16.8 Å². The van der Waals surface area contributed by atoms with Crippen LogP contribution < -0.4 is 4.90 Å². The smallest absolute Gasteiger partial charge is 0.137 e. The molecule has 1 saturated heterocycles. The van der Waals surface area contributed by atoms with E-state index >= 15 is 0 Å². The Morgan fingerprint density at radius 3 is 2.88 bits per heavy atom. The van der Waals surface area contributed by atoms with Crippen molar-refractivity contribution < 1.29 is 0 Å². The highest BCUT2D eigenvalue weighted by Gasteiger charge is 2.21. The van der Waals surface area contributed by atoms with Crippen LogP contribution in [0.4, 0.5) is 5.82 Å². The van der Waals surface area contributed by atoms with Crippen molar-refractivity contribution in [3.63, 3.8) is 0 Å². The number of aryl methyl sites for hydroxylation is 1. The molecule has 3 nitrogen and oxygen atoms in total. The van der Waals surface area contributed by atoms with Crippen LogP contribution in [0.25, 0.3) is 0 Å². The number of rotatable bonds is 2. The van der Waals surface area contributed by atoms with Gasteiger partial charge in [-0.25, -0.2) is 9.97 Å².